The van der Waals surface area contributed by atoms with Gasteiger partial charge in [0, 0.05) is 24.0 Å². The molecule has 4 rings (SSSR count). The zero-order valence-electron chi connectivity index (χ0n) is 17.6. The highest BCUT2D eigenvalue weighted by atomic mass is 16.5. The van der Waals surface area contributed by atoms with Gasteiger partial charge in [0.1, 0.15) is 5.69 Å². The van der Waals surface area contributed by atoms with Gasteiger partial charge in [0.05, 0.1) is 26.5 Å². The van der Waals surface area contributed by atoms with E-state index in [1.165, 1.54) is 0 Å². The Balaban J connectivity index is 1.47. The summed E-state index contributed by atoms with van der Waals surface area (Å²) in [5, 5.41) is 16.3. The Morgan fingerprint density at radius 3 is 2.77 bits per heavy atom. The fourth-order valence-electron chi connectivity index (χ4n) is 3.57. The van der Waals surface area contributed by atoms with E-state index in [4.69, 9.17) is 14.6 Å². The average molecular weight is 419 g/mol. The van der Waals surface area contributed by atoms with Crippen molar-refractivity contribution < 1.29 is 14.3 Å². The van der Waals surface area contributed by atoms with Crippen molar-refractivity contribution in [1.82, 2.24) is 15.2 Å². The van der Waals surface area contributed by atoms with Crippen molar-refractivity contribution in [2.45, 2.75) is 19.4 Å². The van der Waals surface area contributed by atoms with Crippen LogP contribution in [0.15, 0.2) is 59.8 Å². The first-order valence-electron chi connectivity index (χ1n) is 10.1. The SMILES string of the molecule is COc1ccc(C2=NN(Cc3cccc(NC(=O)c4ccn[nH]4)c3)CCC2)cc1OC. The lowest BCUT2D eigenvalue weighted by atomic mass is 10.0. The lowest BCUT2D eigenvalue weighted by Gasteiger charge is -2.26. The normalized spacial score (nSPS) is 13.5. The predicted octanol–water partition coefficient (Wildman–Crippen LogP) is 3.68. The summed E-state index contributed by atoms with van der Waals surface area (Å²) in [6, 6.07) is 15.3. The quantitative estimate of drug-likeness (QED) is 0.610. The minimum atomic E-state index is -0.221. The molecular weight excluding hydrogens is 394 g/mol. The van der Waals surface area contributed by atoms with E-state index in [1.807, 2.05) is 42.5 Å². The van der Waals surface area contributed by atoms with E-state index in [0.717, 1.165) is 41.9 Å². The van der Waals surface area contributed by atoms with Crippen LogP contribution in [-0.4, -0.2) is 47.6 Å². The molecule has 0 radical (unpaired) electrons. The molecule has 8 nitrogen and oxygen atoms in total. The van der Waals surface area contributed by atoms with E-state index in [2.05, 4.69) is 20.5 Å². The summed E-state index contributed by atoms with van der Waals surface area (Å²) < 4.78 is 10.8. The number of rotatable bonds is 7. The maximum absolute atomic E-state index is 12.2. The van der Waals surface area contributed by atoms with Crippen LogP contribution in [-0.2, 0) is 6.54 Å². The van der Waals surface area contributed by atoms with Gasteiger partial charge in [0.25, 0.3) is 5.91 Å². The number of hydrogen-bond acceptors (Lipinski definition) is 6. The first-order valence-corrected chi connectivity index (χ1v) is 10.1. The van der Waals surface area contributed by atoms with Crippen LogP contribution in [0.25, 0.3) is 0 Å². The van der Waals surface area contributed by atoms with E-state index in [9.17, 15) is 4.79 Å². The van der Waals surface area contributed by atoms with Gasteiger partial charge in [-0.05, 0) is 54.8 Å². The third-order valence-corrected chi connectivity index (χ3v) is 5.10. The molecule has 0 unspecified atom stereocenters. The maximum Gasteiger partial charge on any atom is 0.273 e. The Bertz CT molecular complexity index is 1080. The second-order valence-electron chi connectivity index (χ2n) is 7.23. The third-order valence-electron chi connectivity index (χ3n) is 5.10. The number of nitrogens with one attached hydrogen (secondary N) is 2. The van der Waals surface area contributed by atoms with Crippen LogP contribution >= 0.6 is 0 Å². The molecule has 0 spiro atoms. The molecule has 0 saturated heterocycles. The second kappa shape index (κ2) is 9.34. The number of carbonyl (C=O) groups is 1. The van der Waals surface area contributed by atoms with Crippen molar-refractivity contribution in [2.75, 3.05) is 26.1 Å². The van der Waals surface area contributed by atoms with Crippen molar-refractivity contribution in [1.29, 1.82) is 0 Å². The zero-order chi connectivity index (χ0) is 21.6. The highest BCUT2D eigenvalue weighted by Crippen LogP contribution is 2.29. The van der Waals surface area contributed by atoms with Gasteiger partial charge in [-0.3, -0.25) is 14.9 Å². The smallest absolute Gasteiger partial charge is 0.273 e. The molecule has 2 aromatic carbocycles. The minimum Gasteiger partial charge on any atom is -0.493 e. The lowest BCUT2D eigenvalue weighted by Crippen LogP contribution is -2.26. The van der Waals surface area contributed by atoms with Crippen molar-refractivity contribution in [3.63, 3.8) is 0 Å². The van der Waals surface area contributed by atoms with Crippen molar-refractivity contribution in [3.05, 3.63) is 71.5 Å². The summed E-state index contributed by atoms with van der Waals surface area (Å²) in [7, 11) is 3.26. The minimum absolute atomic E-state index is 0.221. The number of benzene rings is 2. The average Bonchev–Trinajstić information content (AvgIpc) is 3.34. The zero-order valence-corrected chi connectivity index (χ0v) is 17.6. The molecule has 1 aromatic heterocycles. The van der Waals surface area contributed by atoms with Crippen LogP contribution in [0.5, 0.6) is 11.5 Å². The number of H-pyrrole nitrogens is 1. The van der Waals surface area contributed by atoms with Gasteiger partial charge in [-0.25, -0.2) is 0 Å². The van der Waals surface area contributed by atoms with Gasteiger partial charge in [0.15, 0.2) is 11.5 Å². The van der Waals surface area contributed by atoms with E-state index in [-0.39, 0.29) is 5.91 Å². The molecule has 0 bridgehead atoms. The Labute approximate surface area is 180 Å². The van der Waals surface area contributed by atoms with Crippen LogP contribution in [0.3, 0.4) is 0 Å². The Hall–Kier alpha value is -3.81. The molecule has 2 N–H and O–H groups in total. The largest absolute Gasteiger partial charge is 0.493 e. The fourth-order valence-corrected chi connectivity index (χ4v) is 3.57. The van der Waals surface area contributed by atoms with E-state index in [1.54, 1.807) is 26.5 Å². The molecule has 160 valence electrons. The number of nitrogens with zero attached hydrogens (tertiary/aromatic N) is 3. The number of aromatic nitrogens is 2. The molecule has 0 aliphatic carbocycles. The number of methoxy groups -OCH3 is 2. The fraction of sp³-hybridized carbons (Fsp3) is 0.261. The van der Waals surface area contributed by atoms with Crippen molar-refractivity contribution >= 4 is 17.3 Å². The van der Waals surface area contributed by atoms with Gasteiger partial charge >= 0.3 is 0 Å². The van der Waals surface area contributed by atoms with Crippen LogP contribution in [0.4, 0.5) is 5.69 Å². The predicted molar refractivity (Wildman–Crippen MR) is 119 cm³/mol. The lowest BCUT2D eigenvalue weighted by molar-refractivity contribution is 0.102. The number of hydrogen-bond donors (Lipinski definition) is 2. The number of hydrazone groups is 1. The molecule has 1 aliphatic heterocycles. The van der Waals surface area contributed by atoms with Gasteiger partial charge in [-0.15, -0.1) is 0 Å². The maximum atomic E-state index is 12.2. The summed E-state index contributed by atoms with van der Waals surface area (Å²) in [5.74, 6) is 1.18. The number of carbonyl (C=O) groups excluding carboxylic acids is 1. The van der Waals surface area contributed by atoms with Gasteiger partial charge in [0.2, 0.25) is 0 Å². The summed E-state index contributed by atoms with van der Waals surface area (Å²) >= 11 is 0. The number of ether oxygens (including phenoxy) is 2. The Morgan fingerprint density at radius 1 is 1.13 bits per heavy atom. The highest BCUT2D eigenvalue weighted by molar-refractivity contribution is 6.03. The van der Waals surface area contributed by atoms with Crippen LogP contribution < -0.4 is 14.8 Å². The summed E-state index contributed by atoms with van der Waals surface area (Å²) in [5.41, 5.74) is 4.28. The van der Waals surface area contributed by atoms with Crippen molar-refractivity contribution in [3.8, 4) is 11.5 Å². The third kappa shape index (κ3) is 4.85. The molecule has 8 heteroatoms. The van der Waals surface area contributed by atoms with Gasteiger partial charge < -0.3 is 14.8 Å². The monoisotopic (exact) mass is 419 g/mol. The molecule has 1 amide bonds. The molecular formula is C23H25N5O3. The second-order valence-corrected chi connectivity index (χ2v) is 7.23. The summed E-state index contributed by atoms with van der Waals surface area (Å²) in [4.78, 5) is 12.2. The standard InChI is InChI=1S/C23H25N5O3/c1-30-21-9-8-17(14-22(21)31-2)19-7-4-12-28(27-19)15-16-5-3-6-18(13-16)25-23(29)20-10-11-24-26-20/h3,5-6,8-11,13-14H,4,7,12,15H2,1-2H3,(H,24,26)(H,25,29). The molecule has 2 heterocycles. The first-order chi connectivity index (χ1) is 15.2. The van der Waals surface area contributed by atoms with Crippen LogP contribution in [0.2, 0.25) is 0 Å². The summed E-state index contributed by atoms with van der Waals surface area (Å²) in [6.07, 6.45) is 3.48. The highest BCUT2D eigenvalue weighted by Gasteiger charge is 2.16. The van der Waals surface area contributed by atoms with Gasteiger partial charge in [-0.2, -0.15) is 10.2 Å². The molecule has 0 atom stereocenters. The topological polar surface area (TPSA) is 91.8 Å². The van der Waals surface area contributed by atoms with Crippen LogP contribution in [0, 0.1) is 0 Å². The summed E-state index contributed by atoms with van der Waals surface area (Å²) in [6.45, 7) is 1.53. The van der Waals surface area contributed by atoms with E-state index >= 15 is 0 Å². The molecule has 3 aromatic rings. The first kappa shape index (κ1) is 20.5. The Kier molecular flexibility index (Phi) is 6.16. The van der Waals surface area contributed by atoms with Gasteiger partial charge in [-0.1, -0.05) is 12.1 Å². The number of anilines is 1. The molecule has 1 aliphatic rings. The van der Waals surface area contributed by atoms with E-state index < -0.39 is 0 Å². The number of aromatic amines is 1. The Morgan fingerprint density at radius 2 is 2.00 bits per heavy atom. The molecule has 0 fully saturated rings. The number of amides is 1. The molecule has 0 saturated carbocycles. The van der Waals surface area contributed by atoms with E-state index in [0.29, 0.717) is 23.7 Å². The van der Waals surface area contributed by atoms with Crippen molar-refractivity contribution in [2.24, 2.45) is 5.10 Å². The van der Waals surface area contributed by atoms with Crippen LogP contribution in [0.1, 0.15) is 34.5 Å². The molecule has 31 heavy (non-hydrogen) atoms.